The van der Waals surface area contributed by atoms with E-state index in [1.165, 1.54) is 26.2 Å². The summed E-state index contributed by atoms with van der Waals surface area (Å²) in [6.45, 7) is 2.20. The second kappa shape index (κ2) is 5.47. The molecule has 20 heavy (non-hydrogen) atoms. The molecule has 0 fully saturated rings. The molecule has 0 atom stereocenters. The molecule has 3 heteroatoms. The highest BCUT2D eigenvalue weighted by atomic mass is 32.1. The Bertz CT molecular complexity index is 799. The summed E-state index contributed by atoms with van der Waals surface area (Å²) in [6.07, 6.45) is 3.27. The van der Waals surface area contributed by atoms with Crippen molar-refractivity contribution in [3.8, 4) is 0 Å². The second-order valence-corrected chi connectivity index (χ2v) is 5.52. The van der Waals surface area contributed by atoms with Crippen LogP contribution in [0.1, 0.15) is 12.5 Å². The molecule has 2 aromatic carbocycles. The van der Waals surface area contributed by atoms with Crippen LogP contribution in [0.2, 0.25) is 0 Å². The third-order valence-corrected chi connectivity index (χ3v) is 4.25. The van der Waals surface area contributed by atoms with Crippen LogP contribution in [-0.4, -0.2) is 12.6 Å². The number of thiophene rings is 1. The molecule has 1 aromatic heterocycles. The molecule has 0 saturated heterocycles. The van der Waals surface area contributed by atoms with E-state index in [-0.39, 0.29) is 5.97 Å². The minimum Gasteiger partial charge on any atom is -0.463 e. The van der Waals surface area contributed by atoms with E-state index < -0.39 is 0 Å². The fourth-order valence-corrected chi connectivity index (χ4v) is 3.29. The van der Waals surface area contributed by atoms with Crippen molar-refractivity contribution in [1.82, 2.24) is 0 Å². The number of esters is 1. The molecular formula is C17H14O2S. The standard InChI is InChI=1S/C17H14O2S/c1-2-19-17(18)10-8-12-7-9-16-14(11-12)13-5-3-4-6-15(13)20-16/h3-11H,2H2,1H3. The maximum absolute atomic E-state index is 11.3. The van der Waals surface area contributed by atoms with Crippen molar-refractivity contribution < 1.29 is 9.53 Å². The van der Waals surface area contributed by atoms with E-state index >= 15 is 0 Å². The average molecular weight is 282 g/mol. The topological polar surface area (TPSA) is 26.3 Å². The first kappa shape index (κ1) is 12.9. The maximum atomic E-state index is 11.3. The molecule has 0 saturated carbocycles. The second-order valence-electron chi connectivity index (χ2n) is 4.44. The zero-order valence-corrected chi connectivity index (χ0v) is 11.9. The third kappa shape index (κ3) is 2.45. The predicted molar refractivity (Wildman–Crippen MR) is 85.0 cm³/mol. The van der Waals surface area contributed by atoms with Gasteiger partial charge in [-0.1, -0.05) is 24.3 Å². The van der Waals surface area contributed by atoms with Gasteiger partial charge in [-0.25, -0.2) is 4.79 Å². The van der Waals surface area contributed by atoms with Crippen molar-refractivity contribution in [3.05, 3.63) is 54.1 Å². The van der Waals surface area contributed by atoms with E-state index in [0.717, 1.165) is 5.56 Å². The smallest absolute Gasteiger partial charge is 0.330 e. The summed E-state index contributed by atoms with van der Waals surface area (Å²) < 4.78 is 7.43. The molecule has 0 bridgehead atoms. The van der Waals surface area contributed by atoms with Gasteiger partial charge in [-0.05, 0) is 36.8 Å². The molecule has 3 rings (SSSR count). The SMILES string of the molecule is CCOC(=O)C=Cc1ccc2sc3ccccc3c2c1. The normalized spacial score (nSPS) is 11.4. The number of carbonyl (C=O) groups is 1. The van der Waals surface area contributed by atoms with E-state index in [9.17, 15) is 4.79 Å². The number of rotatable bonds is 3. The lowest BCUT2D eigenvalue weighted by atomic mass is 10.1. The molecule has 0 amide bonds. The van der Waals surface area contributed by atoms with Gasteiger partial charge in [-0.2, -0.15) is 0 Å². The summed E-state index contributed by atoms with van der Waals surface area (Å²) in [6, 6.07) is 14.6. The van der Waals surface area contributed by atoms with Crippen LogP contribution >= 0.6 is 11.3 Å². The van der Waals surface area contributed by atoms with Gasteiger partial charge in [-0.15, -0.1) is 11.3 Å². The lowest BCUT2D eigenvalue weighted by Crippen LogP contribution is -1.98. The lowest BCUT2D eigenvalue weighted by Gasteiger charge is -1.97. The van der Waals surface area contributed by atoms with Gasteiger partial charge in [0.1, 0.15) is 0 Å². The van der Waals surface area contributed by atoms with E-state index in [1.54, 1.807) is 24.3 Å². The molecule has 0 N–H and O–H groups in total. The van der Waals surface area contributed by atoms with Gasteiger partial charge < -0.3 is 4.74 Å². The molecule has 0 aliphatic carbocycles. The largest absolute Gasteiger partial charge is 0.463 e. The van der Waals surface area contributed by atoms with Crippen LogP contribution in [0.4, 0.5) is 0 Å². The van der Waals surface area contributed by atoms with E-state index in [2.05, 4.69) is 36.4 Å². The van der Waals surface area contributed by atoms with Crippen LogP contribution in [0, 0.1) is 0 Å². The van der Waals surface area contributed by atoms with Gasteiger partial charge >= 0.3 is 5.97 Å². The van der Waals surface area contributed by atoms with Crippen molar-refractivity contribution in [2.45, 2.75) is 6.92 Å². The molecular weight excluding hydrogens is 268 g/mol. The summed E-state index contributed by atoms with van der Waals surface area (Å²) >= 11 is 1.79. The Morgan fingerprint density at radius 2 is 1.95 bits per heavy atom. The van der Waals surface area contributed by atoms with Crippen molar-refractivity contribution >= 4 is 43.6 Å². The van der Waals surface area contributed by atoms with Gasteiger partial charge in [0.05, 0.1) is 6.61 Å². The van der Waals surface area contributed by atoms with Gasteiger partial charge in [0, 0.05) is 26.2 Å². The zero-order valence-electron chi connectivity index (χ0n) is 11.1. The summed E-state index contributed by atoms with van der Waals surface area (Å²) in [4.78, 5) is 11.3. The molecule has 0 unspecified atom stereocenters. The molecule has 3 aromatic rings. The van der Waals surface area contributed by atoms with Crippen molar-refractivity contribution in [1.29, 1.82) is 0 Å². The molecule has 1 heterocycles. The van der Waals surface area contributed by atoms with Crippen LogP contribution in [0.15, 0.2) is 48.5 Å². The summed E-state index contributed by atoms with van der Waals surface area (Å²) in [5, 5.41) is 2.50. The molecule has 0 spiro atoms. The molecule has 2 nitrogen and oxygen atoms in total. The molecule has 0 radical (unpaired) electrons. The number of hydrogen-bond acceptors (Lipinski definition) is 3. The maximum Gasteiger partial charge on any atom is 0.330 e. The minimum atomic E-state index is -0.303. The Morgan fingerprint density at radius 1 is 1.15 bits per heavy atom. The van der Waals surface area contributed by atoms with Crippen LogP contribution in [0.25, 0.3) is 26.2 Å². The van der Waals surface area contributed by atoms with Crippen molar-refractivity contribution in [3.63, 3.8) is 0 Å². The number of ether oxygens (including phenoxy) is 1. The van der Waals surface area contributed by atoms with E-state index in [0.29, 0.717) is 6.61 Å². The Morgan fingerprint density at radius 3 is 2.80 bits per heavy atom. The fourth-order valence-electron chi connectivity index (χ4n) is 2.20. The zero-order chi connectivity index (χ0) is 13.9. The van der Waals surface area contributed by atoms with Gasteiger partial charge in [0.2, 0.25) is 0 Å². The summed E-state index contributed by atoms with van der Waals surface area (Å²) in [5.41, 5.74) is 1.01. The van der Waals surface area contributed by atoms with Crippen molar-refractivity contribution in [2.24, 2.45) is 0 Å². The van der Waals surface area contributed by atoms with Gasteiger partial charge in [0.15, 0.2) is 0 Å². The quantitative estimate of drug-likeness (QED) is 0.517. The van der Waals surface area contributed by atoms with Crippen LogP contribution in [0.3, 0.4) is 0 Å². The van der Waals surface area contributed by atoms with Crippen LogP contribution in [-0.2, 0) is 9.53 Å². The molecule has 0 aliphatic rings. The summed E-state index contributed by atoms with van der Waals surface area (Å²) in [5.74, 6) is -0.303. The first-order valence-electron chi connectivity index (χ1n) is 6.54. The number of carbonyl (C=O) groups excluding carboxylic acids is 1. The Balaban J connectivity index is 2.01. The highest BCUT2D eigenvalue weighted by Crippen LogP contribution is 2.34. The van der Waals surface area contributed by atoms with Gasteiger partial charge in [0.25, 0.3) is 0 Å². The Hall–Kier alpha value is -2.13. The summed E-state index contributed by atoms with van der Waals surface area (Å²) in [7, 11) is 0. The molecule has 100 valence electrons. The molecule has 0 aliphatic heterocycles. The predicted octanol–water partition coefficient (Wildman–Crippen LogP) is 4.63. The Kier molecular flexibility index (Phi) is 3.52. The number of hydrogen-bond donors (Lipinski definition) is 0. The lowest BCUT2D eigenvalue weighted by molar-refractivity contribution is -0.137. The minimum absolute atomic E-state index is 0.303. The first-order chi connectivity index (χ1) is 9.78. The number of fused-ring (bicyclic) bond motifs is 3. The fraction of sp³-hybridized carbons (Fsp3) is 0.118. The Labute approximate surface area is 121 Å². The first-order valence-corrected chi connectivity index (χ1v) is 7.35. The average Bonchev–Trinajstić information content (AvgIpc) is 2.83. The highest BCUT2D eigenvalue weighted by Gasteiger charge is 2.04. The van der Waals surface area contributed by atoms with Gasteiger partial charge in [-0.3, -0.25) is 0 Å². The monoisotopic (exact) mass is 282 g/mol. The van der Waals surface area contributed by atoms with Crippen LogP contribution < -0.4 is 0 Å². The third-order valence-electron chi connectivity index (χ3n) is 3.10. The van der Waals surface area contributed by atoms with Crippen LogP contribution in [0.5, 0.6) is 0 Å². The highest BCUT2D eigenvalue weighted by molar-refractivity contribution is 7.25. The van der Waals surface area contributed by atoms with E-state index in [1.807, 2.05) is 6.07 Å². The number of benzene rings is 2. The van der Waals surface area contributed by atoms with Crippen molar-refractivity contribution in [2.75, 3.05) is 6.61 Å². The van der Waals surface area contributed by atoms with E-state index in [4.69, 9.17) is 4.74 Å².